The van der Waals surface area contributed by atoms with E-state index < -0.39 is 0 Å². The fraction of sp³-hybridized carbons (Fsp3) is 0.429. The Hall–Kier alpha value is -1.28. The van der Waals surface area contributed by atoms with Gasteiger partial charge in [0.05, 0.1) is 0 Å². The van der Waals surface area contributed by atoms with Crippen LogP contribution in [0.15, 0.2) is 12.1 Å². The zero-order valence-corrected chi connectivity index (χ0v) is 9.98. The van der Waals surface area contributed by atoms with Crippen molar-refractivity contribution in [2.24, 2.45) is 0 Å². The molecule has 0 saturated carbocycles. The number of hydrogen-bond acceptors (Lipinski definition) is 1. The van der Waals surface area contributed by atoms with Gasteiger partial charge in [-0.15, -0.1) is 0 Å². The lowest BCUT2D eigenvalue weighted by Crippen LogP contribution is -2.12. The molecule has 1 aromatic carbocycles. The molecular formula is C14H18N2. The quantitative estimate of drug-likeness (QED) is 0.693. The molecule has 0 amide bonds. The Morgan fingerprint density at radius 1 is 1.19 bits per heavy atom. The van der Waals surface area contributed by atoms with Crippen molar-refractivity contribution in [3.05, 3.63) is 34.5 Å². The summed E-state index contributed by atoms with van der Waals surface area (Å²) in [6.07, 6.45) is 2.41. The number of aryl methyl sites for hydroxylation is 3. The van der Waals surface area contributed by atoms with Crippen molar-refractivity contribution in [2.75, 3.05) is 6.54 Å². The fourth-order valence-electron chi connectivity index (χ4n) is 2.87. The summed E-state index contributed by atoms with van der Waals surface area (Å²) < 4.78 is 0. The Kier molecular flexibility index (Phi) is 2.25. The lowest BCUT2D eigenvalue weighted by Gasteiger charge is -2.03. The van der Waals surface area contributed by atoms with Crippen LogP contribution in [0.1, 0.15) is 28.8 Å². The van der Waals surface area contributed by atoms with E-state index >= 15 is 0 Å². The molecule has 0 unspecified atom stereocenters. The van der Waals surface area contributed by atoms with Gasteiger partial charge < -0.3 is 10.3 Å². The summed E-state index contributed by atoms with van der Waals surface area (Å²) >= 11 is 0. The number of aromatic nitrogens is 1. The molecule has 2 nitrogen and oxygen atoms in total. The smallest absolute Gasteiger partial charge is 0.0464 e. The van der Waals surface area contributed by atoms with Crippen molar-refractivity contribution < 1.29 is 0 Å². The largest absolute Gasteiger partial charge is 0.358 e. The van der Waals surface area contributed by atoms with E-state index in [1.54, 1.807) is 0 Å². The molecule has 0 aliphatic carbocycles. The highest BCUT2D eigenvalue weighted by atomic mass is 14.9. The summed E-state index contributed by atoms with van der Waals surface area (Å²) in [5, 5.41) is 4.94. The highest BCUT2D eigenvalue weighted by Crippen LogP contribution is 2.28. The lowest BCUT2D eigenvalue weighted by atomic mass is 10.0. The minimum Gasteiger partial charge on any atom is -0.358 e. The zero-order chi connectivity index (χ0) is 11.1. The molecule has 0 spiro atoms. The third-order valence-corrected chi connectivity index (χ3v) is 3.51. The summed E-state index contributed by atoms with van der Waals surface area (Å²) in [5.41, 5.74) is 6.98. The Morgan fingerprint density at radius 3 is 2.94 bits per heavy atom. The summed E-state index contributed by atoms with van der Waals surface area (Å²) in [4.78, 5) is 3.60. The van der Waals surface area contributed by atoms with Crippen molar-refractivity contribution in [3.8, 4) is 0 Å². The van der Waals surface area contributed by atoms with Gasteiger partial charge in [-0.2, -0.15) is 0 Å². The van der Waals surface area contributed by atoms with Crippen LogP contribution in [0.2, 0.25) is 0 Å². The third kappa shape index (κ3) is 1.45. The zero-order valence-electron chi connectivity index (χ0n) is 9.98. The van der Waals surface area contributed by atoms with E-state index in [0.717, 1.165) is 13.1 Å². The van der Waals surface area contributed by atoms with Crippen molar-refractivity contribution in [1.29, 1.82) is 0 Å². The van der Waals surface area contributed by atoms with Crippen LogP contribution in [0.3, 0.4) is 0 Å². The molecule has 0 bridgehead atoms. The topological polar surface area (TPSA) is 27.8 Å². The van der Waals surface area contributed by atoms with Crippen molar-refractivity contribution >= 4 is 10.9 Å². The molecule has 1 aliphatic rings. The first kappa shape index (κ1) is 9.91. The van der Waals surface area contributed by atoms with Gasteiger partial charge in [0.25, 0.3) is 0 Å². The average Bonchev–Trinajstić information content (AvgIpc) is 2.42. The van der Waals surface area contributed by atoms with Gasteiger partial charge in [-0.1, -0.05) is 6.07 Å². The normalized spacial score (nSPS) is 16.1. The van der Waals surface area contributed by atoms with Gasteiger partial charge in [0.1, 0.15) is 0 Å². The molecule has 2 heteroatoms. The second-order valence-corrected chi connectivity index (χ2v) is 4.87. The summed E-state index contributed by atoms with van der Waals surface area (Å²) in [6.45, 7) is 6.53. The van der Waals surface area contributed by atoms with Gasteiger partial charge in [0.2, 0.25) is 0 Å². The van der Waals surface area contributed by atoms with Crippen LogP contribution in [-0.2, 0) is 13.0 Å². The molecule has 16 heavy (non-hydrogen) atoms. The molecule has 0 fully saturated rings. The first-order chi connectivity index (χ1) is 7.75. The molecule has 2 N–H and O–H groups in total. The molecular weight excluding hydrogens is 196 g/mol. The number of aromatic amines is 1. The number of H-pyrrole nitrogens is 1. The van der Waals surface area contributed by atoms with E-state index in [9.17, 15) is 0 Å². The molecule has 0 radical (unpaired) electrons. The molecule has 2 heterocycles. The molecule has 2 aromatic rings. The number of benzene rings is 1. The number of nitrogens with one attached hydrogen (secondary N) is 2. The molecule has 84 valence electrons. The number of rotatable bonds is 0. The summed E-state index contributed by atoms with van der Waals surface area (Å²) in [5.74, 6) is 0. The van der Waals surface area contributed by atoms with Gasteiger partial charge in [0.15, 0.2) is 0 Å². The van der Waals surface area contributed by atoms with E-state index in [-0.39, 0.29) is 0 Å². The van der Waals surface area contributed by atoms with Crippen molar-refractivity contribution in [1.82, 2.24) is 10.3 Å². The van der Waals surface area contributed by atoms with Crippen LogP contribution in [0.5, 0.6) is 0 Å². The SMILES string of the molecule is Cc1cc(C)c2c3c([nH]c2c1)CCCNC3. The van der Waals surface area contributed by atoms with Gasteiger partial charge in [0, 0.05) is 23.1 Å². The Labute approximate surface area is 96.1 Å². The van der Waals surface area contributed by atoms with Crippen molar-refractivity contribution in [3.63, 3.8) is 0 Å². The van der Waals surface area contributed by atoms with Crippen LogP contribution < -0.4 is 5.32 Å². The first-order valence-corrected chi connectivity index (χ1v) is 6.07. The van der Waals surface area contributed by atoms with E-state index in [0.29, 0.717) is 0 Å². The van der Waals surface area contributed by atoms with Gasteiger partial charge in [-0.05, 0) is 56.0 Å². The highest BCUT2D eigenvalue weighted by molar-refractivity contribution is 5.88. The third-order valence-electron chi connectivity index (χ3n) is 3.51. The average molecular weight is 214 g/mol. The van der Waals surface area contributed by atoms with Crippen LogP contribution in [0, 0.1) is 13.8 Å². The Balaban J connectivity index is 2.29. The molecule has 0 saturated heterocycles. The summed E-state index contributed by atoms with van der Waals surface area (Å²) in [6, 6.07) is 4.54. The Bertz CT molecular complexity index is 537. The van der Waals surface area contributed by atoms with E-state index in [2.05, 4.69) is 36.3 Å². The second kappa shape index (κ2) is 3.63. The molecule has 1 aliphatic heterocycles. The fourth-order valence-corrected chi connectivity index (χ4v) is 2.87. The number of fused-ring (bicyclic) bond motifs is 3. The first-order valence-electron chi connectivity index (χ1n) is 6.07. The van der Waals surface area contributed by atoms with Crippen molar-refractivity contribution in [2.45, 2.75) is 33.2 Å². The standard InChI is InChI=1S/C14H18N2/c1-9-6-10(2)14-11-8-15-5-3-4-12(11)16-13(14)7-9/h6-7,15-16H,3-5,8H2,1-2H3. The molecule has 3 rings (SSSR count). The minimum absolute atomic E-state index is 1.01. The van der Waals surface area contributed by atoms with Gasteiger partial charge in [-0.25, -0.2) is 0 Å². The van der Waals surface area contributed by atoms with Crippen LogP contribution in [0.4, 0.5) is 0 Å². The summed E-state index contributed by atoms with van der Waals surface area (Å²) in [7, 11) is 0. The monoisotopic (exact) mass is 214 g/mol. The van der Waals surface area contributed by atoms with Crippen LogP contribution >= 0.6 is 0 Å². The predicted octanol–water partition coefficient (Wildman–Crippen LogP) is 2.82. The predicted molar refractivity (Wildman–Crippen MR) is 67.8 cm³/mol. The maximum absolute atomic E-state index is 3.60. The minimum atomic E-state index is 1.01. The lowest BCUT2D eigenvalue weighted by molar-refractivity contribution is 0.680. The van der Waals surface area contributed by atoms with E-state index in [1.807, 2.05) is 0 Å². The molecule has 1 aromatic heterocycles. The maximum atomic E-state index is 3.60. The molecule has 0 atom stereocenters. The Morgan fingerprint density at radius 2 is 2.06 bits per heavy atom. The van der Waals surface area contributed by atoms with Gasteiger partial charge >= 0.3 is 0 Å². The second-order valence-electron chi connectivity index (χ2n) is 4.87. The maximum Gasteiger partial charge on any atom is 0.0464 e. The number of hydrogen-bond donors (Lipinski definition) is 2. The van der Waals surface area contributed by atoms with E-state index in [1.165, 1.54) is 46.1 Å². The van der Waals surface area contributed by atoms with Crippen LogP contribution in [-0.4, -0.2) is 11.5 Å². The van der Waals surface area contributed by atoms with E-state index in [4.69, 9.17) is 0 Å². The van der Waals surface area contributed by atoms with Crippen LogP contribution in [0.25, 0.3) is 10.9 Å². The highest BCUT2D eigenvalue weighted by Gasteiger charge is 2.15. The van der Waals surface area contributed by atoms with Gasteiger partial charge in [-0.3, -0.25) is 0 Å².